The van der Waals surface area contributed by atoms with Crippen LogP contribution in [0.1, 0.15) is 32.6 Å². The first-order chi connectivity index (χ1) is 9.75. The van der Waals surface area contributed by atoms with Gasteiger partial charge in [-0.25, -0.2) is 0 Å². The highest BCUT2D eigenvalue weighted by Crippen LogP contribution is 2.27. The van der Waals surface area contributed by atoms with Gasteiger partial charge in [-0.3, -0.25) is 9.69 Å². The van der Waals surface area contributed by atoms with Crippen LogP contribution >= 0.6 is 11.8 Å². The fourth-order valence-corrected chi connectivity index (χ4v) is 4.87. The maximum Gasteiger partial charge on any atom is 0.240 e. The van der Waals surface area contributed by atoms with Crippen LogP contribution in [0.2, 0.25) is 0 Å². The zero-order valence-electron chi connectivity index (χ0n) is 12.5. The molecular weight excluding hydrogens is 270 g/mol. The van der Waals surface area contributed by atoms with Gasteiger partial charge in [-0.15, -0.1) is 0 Å². The lowest BCUT2D eigenvalue weighted by Gasteiger charge is -2.39. The van der Waals surface area contributed by atoms with Crippen LogP contribution in [0.5, 0.6) is 0 Å². The van der Waals surface area contributed by atoms with E-state index in [1.165, 1.54) is 19.3 Å². The van der Waals surface area contributed by atoms with Crippen molar-refractivity contribution in [1.29, 1.82) is 0 Å². The largest absolute Gasteiger partial charge is 0.339 e. The van der Waals surface area contributed by atoms with Crippen molar-refractivity contribution in [2.75, 3.05) is 38.5 Å². The molecular formula is C15H27N3OS. The van der Waals surface area contributed by atoms with Gasteiger partial charge in [0.05, 0.1) is 6.04 Å². The van der Waals surface area contributed by atoms with E-state index in [1.807, 2.05) is 11.8 Å². The molecule has 0 spiro atoms. The van der Waals surface area contributed by atoms with Gasteiger partial charge in [0, 0.05) is 30.1 Å². The first-order valence-electron chi connectivity index (χ1n) is 8.12. The van der Waals surface area contributed by atoms with E-state index in [4.69, 9.17) is 0 Å². The standard InChI is InChI=1S/C15H27N3OS/c1-12-11-17(9-10-20-12)15(19)14-3-2-8-18(14)13-4-6-16-7-5-13/h12-14,16H,2-11H2,1H3. The van der Waals surface area contributed by atoms with Crippen LogP contribution in [0.4, 0.5) is 0 Å². The molecule has 3 heterocycles. The number of likely N-dealkylation sites (tertiary alicyclic amines) is 1. The molecule has 0 bridgehead atoms. The van der Waals surface area contributed by atoms with Crippen molar-refractivity contribution in [2.24, 2.45) is 0 Å². The van der Waals surface area contributed by atoms with Crippen molar-refractivity contribution in [3.63, 3.8) is 0 Å². The third kappa shape index (κ3) is 3.15. The zero-order valence-corrected chi connectivity index (χ0v) is 13.3. The monoisotopic (exact) mass is 297 g/mol. The second-order valence-electron chi connectivity index (χ2n) is 6.34. The molecule has 3 rings (SSSR count). The van der Waals surface area contributed by atoms with Crippen LogP contribution in [0.25, 0.3) is 0 Å². The molecule has 20 heavy (non-hydrogen) atoms. The van der Waals surface area contributed by atoms with Gasteiger partial charge in [0.15, 0.2) is 0 Å². The molecule has 4 nitrogen and oxygen atoms in total. The van der Waals surface area contributed by atoms with Crippen LogP contribution in [0.3, 0.4) is 0 Å². The van der Waals surface area contributed by atoms with Gasteiger partial charge in [-0.1, -0.05) is 6.92 Å². The fraction of sp³-hybridized carbons (Fsp3) is 0.933. The topological polar surface area (TPSA) is 35.6 Å². The summed E-state index contributed by atoms with van der Waals surface area (Å²) in [4.78, 5) is 17.5. The Morgan fingerprint density at radius 2 is 2.00 bits per heavy atom. The van der Waals surface area contributed by atoms with Crippen LogP contribution in [-0.2, 0) is 4.79 Å². The van der Waals surface area contributed by atoms with E-state index in [9.17, 15) is 4.79 Å². The second-order valence-corrected chi connectivity index (χ2v) is 7.89. The van der Waals surface area contributed by atoms with Gasteiger partial charge >= 0.3 is 0 Å². The van der Waals surface area contributed by atoms with E-state index in [1.54, 1.807) is 0 Å². The van der Waals surface area contributed by atoms with E-state index in [0.29, 0.717) is 17.2 Å². The summed E-state index contributed by atoms with van der Waals surface area (Å²) in [5.74, 6) is 1.51. The Labute approximate surface area is 126 Å². The average molecular weight is 297 g/mol. The molecule has 1 N–H and O–H groups in total. The van der Waals surface area contributed by atoms with Crippen molar-refractivity contribution < 1.29 is 4.79 Å². The van der Waals surface area contributed by atoms with E-state index >= 15 is 0 Å². The SMILES string of the molecule is CC1CN(C(=O)C2CCCN2C2CCNCC2)CCS1. The fourth-order valence-electron chi connectivity index (χ4n) is 3.86. The summed E-state index contributed by atoms with van der Waals surface area (Å²) in [5.41, 5.74) is 0. The maximum atomic E-state index is 12.9. The van der Waals surface area contributed by atoms with Crippen LogP contribution in [0, 0.1) is 0 Å². The number of hydrogen-bond acceptors (Lipinski definition) is 4. The highest BCUT2D eigenvalue weighted by Gasteiger charge is 2.38. The summed E-state index contributed by atoms with van der Waals surface area (Å²) in [6.45, 7) is 7.48. The molecule has 0 saturated carbocycles. The maximum absolute atomic E-state index is 12.9. The lowest BCUT2D eigenvalue weighted by Crippen LogP contribution is -2.53. The lowest BCUT2D eigenvalue weighted by atomic mass is 10.0. The van der Waals surface area contributed by atoms with Crippen LogP contribution in [0.15, 0.2) is 0 Å². The minimum Gasteiger partial charge on any atom is -0.339 e. The highest BCUT2D eigenvalue weighted by atomic mass is 32.2. The van der Waals surface area contributed by atoms with Gasteiger partial charge in [0.25, 0.3) is 0 Å². The molecule has 3 saturated heterocycles. The zero-order chi connectivity index (χ0) is 13.9. The molecule has 1 amide bonds. The normalized spacial score (nSPS) is 33.5. The minimum absolute atomic E-state index is 0.174. The first-order valence-corrected chi connectivity index (χ1v) is 9.17. The predicted octanol–water partition coefficient (Wildman–Crippen LogP) is 1.17. The van der Waals surface area contributed by atoms with Gasteiger partial charge < -0.3 is 10.2 Å². The number of amides is 1. The summed E-state index contributed by atoms with van der Waals surface area (Å²) in [6.07, 6.45) is 4.67. The number of hydrogen-bond donors (Lipinski definition) is 1. The van der Waals surface area contributed by atoms with Crippen molar-refractivity contribution in [2.45, 2.75) is 49.9 Å². The quantitative estimate of drug-likeness (QED) is 0.830. The molecule has 114 valence electrons. The summed E-state index contributed by atoms with van der Waals surface area (Å²) >= 11 is 1.99. The molecule has 0 radical (unpaired) electrons. The molecule has 3 aliphatic rings. The number of thioether (sulfide) groups is 1. The van der Waals surface area contributed by atoms with Gasteiger partial charge in [0.2, 0.25) is 5.91 Å². The Morgan fingerprint density at radius 3 is 2.75 bits per heavy atom. The Hall–Kier alpha value is -0.260. The van der Waals surface area contributed by atoms with Crippen molar-refractivity contribution in [3.05, 3.63) is 0 Å². The number of nitrogens with one attached hydrogen (secondary N) is 1. The number of nitrogens with zero attached hydrogens (tertiary/aromatic N) is 2. The lowest BCUT2D eigenvalue weighted by molar-refractivity contribution is -0.136. The number of piperidine rings is 1. The first kappa shape index (κ1) is 14.7. The van der Waals surface area contributed by atoms with Crippen LogP contribution < -0.4 is 5.32 Å². The van der Waals surface area contributed by atoms with E-state index < -0.39 is 0 Å². The van der Waals surface area contributed by atoms with Crippen molar-refractivity contribution in [3.8, 4) is 0 Å². The molecule has 2 unspecified atom stereocenters. The molecule has 0 aromatic heterocycles. The van der Waals surface area contributed by atoms with Gasteiger partial charge in [-0.2, -0.15) is 11.8 Å². The summed E-state index contributed by atoms with van der Waals surface area (Å²) < 4.78 is 0. The van der Waals surface area contributed by atoms with Crippen molar-refractivity contribution >= 4 is 17.7 Å². The number of rotatable bonds is 2. The molecule has 3 fully saturated rings. The highest BCUT2D eigenvalue weighted by molar-refractivity contribution is 7.99. The van der Waals surface area contributed by atoms with E-state index in [2.05, 4.69) is 22.0 Å². The summed E-state index contributed by atoms with van der Waals surface area (Å²) in [7, 11) is 0. The minimum atomic E-state index is 0.174. The predicted molar refractivity (Wildman–Crippen MR) is 84.1 cm³/mol. The average Bonchev–Trinajstić information content (AvgIpc) is 2.97. The molecule has 3 aliphatic heterocycles. The molecule has 0 aromatic carbocycles. The number of carbonyl (C=O) groups is 1. The van der Waals surface area contributed by atoms with Crippen molar-refractivity contribution in [1.82, 2.24) is 15.1 Å². The third-order valence-electron chi connectivity index (χ3n) is 4.91. The Kier molecular flexibility index (Phi) is 4.89. The van der Waals surface area contributed by atoms with Gasteiger partial charge in [0.1, 0.15) is 0 Å². The summed E-state index contributed by atoms with van der Waals surface area (Å²) in [6, 6.07) is 0.803. The Bertz CT molecular complexity index is 346. The molecule has 5 heteroatoms. The van der Waals surface area contributed by atoms with E-state index in [-0.39, 0.29) is 6.04 Å². The molecule has 2 atom stereocenters. The molecule has 0 aliphatic carbocycles. The molecule has 0 aromatic rings. The smallest absolute Gasteiger partial charge is 0.240 e. The summed E-state index contributed by atoms with van der Waals surface area (Å²) in [5, 5.41) is 4.03. The second kappa shape index (κ2) is 6.67. The Balaban J connectivity index is 1.63. The van der Waals surface area contributed by atoms with E-state index in [0.717, 1.165) is 44.9 Å². The number of carbonyl (C=O) groups excluding carboxylic acids is 1. The Morgan fingerprint density at radius 1 is 1.20 bits per heavy atom. The third-order valence-corrected chi connectivity index (χ3v) is 6.05. The van der Waals surface area contributed by atoms with Gasteiger partial charge in [-0.05, 0) is 45.3 Å². The van der Waals surface area contributed by atoms with Crippen LogP contribution in [-0.4, -0.2) is 71.5 Å².